The van der Waals surface area contributed by atoms with Crippen molar-refractivity contribution in [2.45, 2.75) is 232 Å². The van der Waals surface area contributed by atoms with Crippen molar-refractivity contribution in [3.05, 3.63) is 219 Å². The second-order valence-electron chi connectivity index (χ2n) is 23.4. The summed E-state index contributed by atoms with van der Waals surface area (Å²) in [6.07, 6.45) is 107. The van der Waals surface area contributed by atoms with Crippen LogP contribution in [0.25, 0.3) is 0 Å². The molecule has 0 aliphatic rings. The van der Waals surface area contributed by atoms with Gasteiger partial charge in [-0.2, -0.15) is 0 Å². The normalized spacial score (nSPS) is 14.1. The maximum atomic E-state index is 12.9. The van der Waals surface area contributed by atoms with E-state index in [1.165, 1.54) is 12.8 Å². The molecule has 0 amide bonds. The molecule has 0 rings (SSSR count). The topological polar surface area (TPSA) is 108 Å². The number of hydrogen-bond donors (Lipinski definition) is 1. The van der Waals surface area contributed by atoms with Crippen molar-refractivity contribution >= 4 is 17.9 Å². The number of hydrogen-bond acceptors (Lipinski definition) is 7. The number of quaternary nitrogens is 1. The Balaban J connectivity index is 4.32. The molecular formula is C82H126NO8+. The highest BCUT2D eigenvalue weighted by molar-refractivity contribution is 5.71. The maximum Gasteiger partial charge on any atom is 0.361 e. The van der Waals surface area contributed by atoms with Gasteiger partial charge in [0.15, 0.2) is 6.10 Å². The van der Waals surface area contributed by atoms with E-state index >= 15 is 0 Å². The minimum Gasteiger partial charge on any atom is -0.477 e. The first-order valence-corrected chi connectivity index (χ1v) is 34.9. The molecule has 0 spiro atoms. The van der Waals surface area contributed by atoms with Crippen LogP contribution in [-0.2, 0) is 33.3 Å². The predicted octanol–water partition coefficient (Wildman–Crippen LogP) is 22.1. The van der Waals surface area contributed by atoms with Gasteiger partial charge in [-0.25, -0.2) is 4.79 Å². The number of esters is 2. The third-order valence-corrected chi connectivity index (χ3v) is 13.7. The molecule has 9 heteroatoms. The number of unbranched alkanes of at least 4 members (excludes halogenated alkanes) is 10. The van der Waals surface area contributed by atoms with Crippen molar-refractivity contribution in [2.24, 2.45) is 0 Å². The van der Waals surface area contributed by atoms with Gasteiger partial charge in [0.2, 0.25) is 0 Å². The monoisotopic (exact) mass is 1250 g/mol. The van der Waals surface area contributed by atoms with Gasteiger partial charge in [-0.1, -0.05) is 271 Å². The second-order valence-corrected chi connectivity index (χ2v) is 23.4. The minimum atomic E-state index is -1.54. The summed E-state index contributed by atoms with van der Waals surface area (Å²) in [7, 11) is 5.94. The number of rotatable bonds is 61. The number of likely N-dealkylation sites (N-methyl/N-ethyl adjacent to an activating group) is 1. The first-order chi connectivity index (χ1) is 44.6. The fourth-order valence-corrected chi connectivity index (χ4v) is 8.47. The molecule has 0 fully saturated rings. The Morgan fingerprint density at radius 1 is 0.330 bits per heavy atom. The van der Waals surface area contributed by atoms with E-state index in [2.05, 4.69) is 233 Å². The smallest absolute Gasteiger partial charge is 0.361 e. The number of ether oxygens (including phenoxy) is 4. The second kappa shape index (κ2) is 69.5. The number of carbonyl (C=O) groups excluding carboxylic acids is 2. The fraction of sp³-hybridized carbons (Fsp3) is 0.524. The van der Waals surface area contributed by atoms with Gasteiger partial charge >= 0.3 is 17.9 Å². The molecule has 0 aromatic heterocycles. The summed E-state index contributed by atoms with van der Waals surface area (Å²) in [6, 6.07) is 0. The zero-order valence-electron chi connectivity index (χ0n) is 57.6. The van der Waals surface area contributed by atoms with Crippen LogP contribution in [0.4, 0.5) is 0 Å². The summed E-state index contributed by atoms with van der Waals surface area (Å²) >= 11 is 0. The summed E-state index contributed by atoms with van der Waals surface area (Å²) in [5.74, 6) is -2.09. The number of nitrogens with zero attached hydrogens (tertiary/aromatic N) is 1. The molecule has 91 heavy (non-hydrogen) atoms. The van der Waals surface area contributed by atoms with Gasteiger partial charge in [0.25, 0.3) is 6.29 Å². The Morgan fingerprint density at radius 2 is 0.593 bits per heavy atom. The summed E-state index contributed by atoms with van der Waals surface area (Å²) < 4.78 is 22.9. The van der Waals surface area contributed by atoms with Crippen molar-refractivity contribution in [1.82, 2.24) is 0 Å². The van der Waals surface area contributed by atoms with Gasteiger partial charge in [-0.3, -0.25) is 9.59 Å². The molecular weight excluding hydrogens is 1130 g/mol. The van der Waals surface area contributed by atoms with Crippen LogP contribution in [0.3, 0.4) is 0 Å². The van der Waals surface area contributed by atoms with Crippen LogP contribution in [0, 0.1) is 0 Å². The predicted molar refractivity (Wildman–Crippen MR) is 391 cm³/mol. The van der Waals surface area contributed by atoms with E-state index in [0.29, 0.717) is 23.9 Å². The van der Waals surface area contributed by atoms with E-state index in [1.807, 2.05) is 21.1 Å². The lowest BCUT2D eigenvalue weighted by molar-refractivity contribution is -0.870. The van der Waals surface area contributed by atoms with Gasteiger partial charge in [0, 0.05) is 12.8 Å². The van der Waals surface area contributed by atoms with Crippen molar-refractivity contribution in [1.29, 1.82) is 0 Å². The summed E-state index contributed by atoms with van der Waals surface area (Å²) in [4.78, 5) is 37.6. The number of carbonyl (C=O) groups is 3. The van der Waals surface area contributed by atoms with Gasteiger partial charge in [0.05, 0.1) is 34.4 Å². The molecule has 9 nitrogen and oxygen atoms in total. The first kappa shape index (κ1) is 84.6. The number of allylic oxidation sites excluding steroid dienone is 36. The number of carboxylic acid groups (broad SMARTS) is 1. The molecule has 0 saturated heterocycles. The molecule has 0 aliphatic heterocycles. The van der Waals surface area contributed by atoms with Crippen LogP contribution in [0.1, 0.15) is 219 Å². The average Bonchev–Trinajstić information content (AvgIpc) is 3.46. The quantitative estimate of drug-likeness (QED) is 0.0211. The van der Waals surface area contributed by atoms with Crippen LogP contribution in [0.5, 0.6) is 0 Å². The van der Waals surface area contributed by atoms with E-state index in [0.717, 1.165) is 167 Å². The highest BCUT2D eigenvalue weighted by atomic mass is 16.7. The van der Waals surface area contributed by atoms with Crippen molar-refractivity contribution in [3.8, 4) is 0 Å². The summed E-state index contributed by atoms with van der Waals surface area (Å²) in [5.41, 5.74) is 0. The average molecular weight is 1250 g/mol. The standard InChI is InChI=1S/C82H125NO8/c1-6-8-10-12-14-16-18-20-22-24-26-28-30-32-34-36-38-39-40-41-43-45-47-49-51-53-55-57-59-61-63-65-67-69-71-73-80(85)91-78(77-90-82(81(86)87)88-75-74-83(3,4)5)76-89-79(84)72-70-68-66-64-62-60-58-56-54-52-50-48-46-44-42-37-35-33-31-29-27-25-23-21-19-17-15-13-11-9-7-2/h8-11,14-17,20-23,26-29,32-35,38-39,41-44,47-50,53-56,60,62,78,82H,6-7,12-13,18-19,24-25,30-31,36-37,40,45-46,51-52,57-59,61,63-77H2,1-5H3/p+1/b10-8-,11-9-,16-14-,17-15-,22-20-,23-21-,28-26-,29-27-,34-32-,35-33-,39-38-,43-41-,44-42-,49-47-,50-48-,55-53-,56-54-,62-60-. The van der Waals surface area contributed by atoms with Gasteiger partial charge in [-0.15, -0.1) is 0 Å². The van der Waals surface area contributed by atoms with Crippen LogP contribution < -0.4 is 0 Å². The highest BCUT2D eigenvalue weighted by Gasteiger charge is 2.25. The minimum absolute atomic E-state index is 0.166. The molecule has 1 N–H and O–H groups in total. The Labute approximate surface area is 556 Å². The fourth-order valence-electron chi connectivity index (χ4n) is 8.47. The number of carboxylic acids is 1. The summed E-state index contributed by atoms with van der Waals surface area (Å²) in [5, 5.41) is 9.75. The lowest BCUT2D eigenvalue weighted by atomic mass is 10.1. The molecule has 506 valence electrons. The van der Waals surface area contributed by atoms with Crippen molar-refractivity contribution in [3.63, 3.8) is 0 Å². The third kappa shape index (κ3) is 70.9. The Morgan fingerprint density at radius 3 is 0.890 bits per heavy atom. The van der Waals surface area contributed by atoms with Crippen LogP contribution in [0.15, 0.2) is 219 Å². The van der Waals surface area contributed by atoms with Gasteiger partial charge in [0.1, 0.15) is 13.2 Å². The molecule has 0 aromatic rings. The molecule has 0 radical (unpaired) electrons. The lowest BCUT2D eigenvalue weighted by Gasteiger charge is -2.25. The van der Waals surface area contributed by atoms with E-state index in [9.17, 15) is 19.5 Å². The van der Waals surface area contributed by atoms with Crippen LogP contribution >= 0.6 is 0 Å². The van der Waals surface area contributed by atoms with Gasteiger partial charge < -0.3 is 28.5 Å². The van der Waals surface area contributed by atoms with Crippen molar-refractivity contribution in [2.75, 3.05) is 47.5 Å². The van der Waals surface area contributed by atoms with Gasteiger partial charge in [-0.05, 0) is 154 Å². The molecule has 2 atom stereocenters. The molecule has 0 aliphatic carbocycles. The highest BCUT2D eigenvalue weighted by Crippen LogP contribution is 2.13. The van der Waals surface area contributed by atoms with E-state index < -0.39 is 30.3 Å². The number of aliphatic carboxylic acids is 1. The first-order valence-electron chi connectivity index (χ1n) is 34.9. The zero-order chi connectivity index (χ0) is 66.1. The Kier molecular flexibility index (Phi) is 64.6. The molecule has 2 unspecified atom stereocenters. The largest absolute Gasteiger partial charge is 0.477 e. The zero-order valence-corrected chi connectivity index (χ0v) is 57.6. The van der Waals surface area contributed by atoms with Crippen LogP contribution in [-0.4, -0.2) is 87.4 Å². The van der Waals surface area contributed by atoms with Crippen LogP contribution in [0.2, 0.25) is 0 Å². The Hall–Kier alpha value is -6.39. The third-order valence-electron chi connectivity index (χ3n) is 13.7. The van der Waals surface area contributed by atoms with Crippen molar-refractivity contribution < 1.29 is 42.9 Å². The Bertz CT molecular complexity index is 2300. The van der Waals surface area contributed by atoms with E-state index in [1.54, 1.807) is 0 Å². The molecule has 0 aromatic carbocycles. The molecule has 0 heterocycles. The SMILES string of the molecule is CC/C=C\C/C=C\C/C=C\C/C=C\C/C=C\C/C=C\C/C=C\C/C=C\C/C=C\CCCCCCCCCC(=O)OC(COC(=O)CCCCC/C=C\C/C=C\C/C=C\C/C=C\C/C=C\C/C=C\C/C=C\C/C=C\C/C=C\CC)COC(OCC[N+](C)(C)C)C(=O)O. The molecule has 0 bridgehead atoms. The lowest BCUT2D eigenvalue weighted by Crippen LogP contribution is -2.40. The summed E-state index contributed by atoms with van der Waals surface area (Å²) in [6.45, 7) is 4.56. The molecule has 0 saturated carbocycles. The maximum absolute atomic E-state index is 12.9. The van der Waals surface area contributed by atoms with E-state index in [4.69, 9.17) is 18.9 Å². The van der Waals surface area contributed by atoms with E-state index in [-0.39, 0.29) is 32.7 Å².